The van der Waals surface area contributed by atoms with Gasteiger partial charge in [-0.25, -0.2) is 0 Å². The van der Waals surface area contributed by atoms with Crippen molar-refractivity contribution in [1.82, 2.24) is 0 Å². The van der Waals surface area contributed by atoms with Crippen molar-refractivity contribution in [2.24, 2.45) is 0 Å². The highest BCUT2D eigenvalue weighted by Gasteiger charge is 2.28. The van der Waals surface area contributed by atoms with Crippen molar-refractivity contribution < 1.29 is 14.2 Å². The Kier molecular flexibility index (Phi) is 7.26. The smallest absolute Gasteiger partial charge is 0.166 e. The van der Waals surface area contributed by atoms with E-state index in [4.69, 9.17) is 14.2 Å². The first-order chi connectivity index (χ1) is 13.7. The molecule has 0 bridgehead atoms. The summed E-state index contributed by atoms with van der Waals surface area (Å²) in [6.07, 6.45) is 0. The summed E-state index contributed by atoms with van der Waals surface area (Å²) in [5.41, 5.74) is 0. The second-order valence-corrected chi connectivity index (χ2v) is 8.05. The second kappa shape index (κ2) is 10.1. The zero-order valence-electron chi connectivity index (χ0n) is 16.7. The van der Waals surface area contributed by atoms with E-state index >= 15 is 0 Å². The van der Waals surface area contributed by atoms with Crippen LogP contribution in [0.3, 0.4) is 0 Å². The maximum Gasteiger partial charge on any atom is 0.166 e. The first-order valence-corrected chi connectivity index (χ1v) is 10.9. The summed E-state index contributed by atoms with van der Waals surface area (Å²) in [5, 5.41) is 0. The minimum absolute atomic E-state index is 0.218. The summed E-state index contributed by atoms with van der Waals surface area (Å²) >= 11 is 0. The molecule has 0 heterocycles. The predicted molar refractivity (Wildman–Crippen MR) is 115 cm³/mol. The number of benzene rings is 3. The molecule has 3 rings (SSSR count). The molecule has 146 valence electrons. The van der Waals surface area contributed by atoms with E-state index in [1.54, 1.807) is 0 Å². The fourth-order valence-corrected chi connectivity index (χ4v) is 4.97. The molecule has 0 aliphatic heterocycles. The summed E-state index contributed by atoms with van der Waals surface area (Å²) in [4.78, 5) is 3.74. The first-order valence-electron chi connectivity index (χ1n) is 9.68. The zero-order valence-corrected chi connectivity index (χ0v) is 17.5. The van der Waals surface area contributed by atoms with E-state index < -0.39 is 0 Å². The van der Waals surface area contributed by atoms with Crippen LogP contribution in [0.2, 0.25) is 0 Å². The molecule has 0 radical (unpaired) electrons. The van der Waals surface area contributed by atoms with Crippen molar-refractivity contribution >= 4 is 10.9 Å². The summed E-state index contributed by atoms with van der Waals surface area (Å²) in [7, 11) is -0.218. The standard InChI is InChI=1S/C24H27O3S/c1-4-25-19-7-13-22(14-8-19)28(23-15-9-20(10-16-23)26-5-2)24-17-11-21(12-18-24)27-6-3/h7-18H,4-6H2,1-3H3/q+1. The van der Waals surface area contributed by atoms with Crippen LogP contribution in [0.15, 0.2) is 87.5 Å². The zero-order chi connectivity index (χ0) is 19.8. The molecule has 3 aromatic rings. The van der Waals surface area contributed by atoms with Gasteiger partial charge in [-0.15, -0.1) is 0 Å². The quantitative estimate of drug-likeness (QED) is 0.417. The molecule has 0 atom stereocenters. The van der Waals surface area contributed by atoms with Crippen molar-refractivity contribution in [2.45, 2.75) is 35.5 Å². The molecule has 0 amide bonds. The molecule has 0 fully saturated rings. The van der Waals surface area contributed by atoms with Gasteiger partial charge >= 0.3 is 0 Å². The third kappa shape index (κ3) is 5.02. The average molecular weight is 396 g/mol. The largest absolute Gasteiger partial charge is 0.494 e. The monoisotopic (exact) mass is 395 g/mol. The lowest BCUT2D eigenvalue weighted by Crippen LogP contribution is -2.05. The minimum atomic E-state index is -0.218. The van der Waals surface area contributed by atoms with Crippen LogP contribution < -0.4 is 14.2 Å². The first kappa shape index (κ1) is 20.2. The molecule has 0 aliphatic carbocycles. The van der Waals surface area contributed by atoms with Crippen molar-refractivity contribution in [3.8, 4) is 17.2 Å². The third-order valence-electron chi connectivity index (χ3n) is 4.11. The van der Waals surface area contributed by atoms with E-state index in [1.165, 1.54) is 14.7 Å². The van der Waals surface area contributed by atoms with Gasteiger partial charge in [0, 0.05) is 0 Å². The SMILES string of the molecule is CCOc1ccc([S+](c2ccc(OCC)cc2)c2ccc(OCC)cc2)cc1. The Hall–Kier alpha value is -2.59. The van der Waals surface area contributed by atoms with Gasteiger partial charge in [-0.3, -0.25) is 0 Å². The van der Waals surface area contributed by atoms with E-state index in [0.717, 1.165) is 17.2 Å². The number of rotatable bonds is 9. The van der Waals surface area contributed by atoms with Gasteiger partial charge in [0.25, 0.3) is 0 Å². The van der Waals surface area contributed by atoms with Gasteiger partial charge < -0.3 is 14.2 Å². The Morgan fingerprint density at radius 2 is 0.714 bits per heavy atom. The van der Waals surface area contributed by atoms with Crippen molar-refractivity contribution in [2.75, 3.05) is 19.8 Å². The molecule has 0 unspecified atom stereocenters. The molecule has 0 saturated carbocycles. The highest BCUT2D eigenvalue weighted by atomic mass is 32.2. The van der Waals surface area contributed by atoms with Crippen molar-refractivity contribution in [1.29, 1.82) is 0 Å². The molecule has 28 heavy (non-hydrogen) atoms. The van der Waals surface area contributed by atoms with Gasteiger partial charge in [0.1, 0.15) is 17.2 Å². The molecule has 3 nitrogen and oxygen atoms in total. The highest BCUT2D eigenvalue weighted by Crippen LogP contribution is 2.34. The van der Waals surface area contributed by atoms with Crippen LogP contribution in [0.4, 0.5) is 0 Å². The third-order valence-corrected chi connectivity index (χ3v) is 6.34. The second-order valence-electron chi connectivity index (χ2n) is 6.02. The molecular formula is C24H27O3S+. The van der Waals surface area contributed by atoms with E-state index in [9.17, 15) is 0 Å². The fraction of sp³-hybridized carbons (Fsp3) is 0.250. The van der Waals surface area contributed by atoms with Crippen LogP contribution in [0.5, 0.6) is 17.2 Å². The summed E-state index contributed by atoms with van der Waals surface area (Å²) in [5.74, 6) is 2.69. The lowest BCUT2D eigenvalue weighted by Gasteiger charge is -2.11. The molecule has 0 aliphatic rings. The van der Waals surface area contributed by atoms with Crippen LogP contribution >= 0.6 is 0 Å². The maximum atomic E-state index is 5.61. The van der Waals surface area contributed by atoms with Crippen LogP contribution in [0, 0.1) is 0 Å². The van der Waals surface area contributed by atoms with Gasteiger partial charge in [-0.2, -0.15) is 0 Å². The molecule has 0 aromatic heterocycles. The van der Waals surface area contributed by atoms with Gasteiger partial charge in [0.05, 0.1) is 30.7 Å². The van der Waals surface area contributed by atoms with Crippen LogP contribution in [-0.4, -0.2) is 19.8 Å². The van der Waals surface area contributed by atoms with Gasteiger partial charge in [0.2, 0.25) is 0 Å². The lowest BCUT2D eigenvalue weighted by atomic mass is 10.3. The topological polar surface area (TPSA) is 27.7 Å². The highest BCUT2D eigenvalue weighted by molar-refractivity contribution is 7.97. The molecule has 0 N–H and O–H groups in total. The summed E-state index contributed by atoms with van der Waals surface area (Å²) in [6.45, 7) is 8.00. The lowest BCUT2D eigenvalue weighted by molar-refractivity contribution is 0.340. The summed E-state index contributed by atoms with van der Waals surface area (Å²) in [6, 6.07) is 25.2. The van der Waals surface area contributed by atoms with Crippen LogP contribution in [-0.2, 0) is 10.9 Å². The number of hydrogen-bond donors (Lipinski definition) is 0. The number of hydrogen-bond acceptors (Lipinski definition) is 3. The Labute approximate surface area is 170 Å². The van der Waals surface area contributed by atoms with E-state index in [-0.39, 0.29) is 10.9 Å². The average Bonchev–Trinajstić information content (AvgIpc) is 2.73. The van der Waals surface area contributed by atoms with Crippen molar-refractivity contribution in [3.63, 3.8) is 0 Å². The van der Waals surface area contributed by atoms with Crippen molar-refractivity contribution in [3.05, 3.63) is 72.8 Å². The van der Waals surface area contributed by atoms with Gasteiger partial charge in [-0.1, -0.05) is 0 Å². The molecule has 0 saturated heterocycles. The molecule has 3 aromatic carbocycles. The van der Waals surface area contributed by atoms with Gasteiger partial charge in [0.15, 0.2) is 14.7 Å². The van der Waals surface area contributed by atoms with E-state index in [1.807, 2.05) is 57.2 Å². The van der Waals surface area contributed by atoms with Crippen LogP contribution in [0.1, 0.15) is 20.8 Å². The maximum absolute atomic E-state index is 5.61. The minimum Gasteiger partial charge on any atom is -0.494 e. The Morgan fingerprint density at radius 3 is 0.929 bits per heavy atom. The van der Waals surface area contributed by atoms with E-state index in [0.29, 0.717) is 19.8 Å². The van der Waals surface area contributed by atoms with Crippen LogP contribution in [0.25, 0.3) is 0 Å². The fourth-order valence-electron chi connectivity index (χ4n) is 2.92. The Balaban J connectivity index is 1.97. The van der Waals surface area contributed by atoms with E-state index in [2.05, 4.69) is 36.4 Å². The molecular weight excluding hydrogens is 368 g/mol. The predicted octanol–water partition coefficient (Wildman–Crippen LogP) is 5.98. The molecule has 4 heteroatoms. The normalized spacial score (nSPS) is 10.7. The molecule has 0 spiro atoms. The Morgan fingerprint density at radius 1 is 0.464 bits per heavy atom. The number of ether oxygens (including phenoxy) is 3. The Bertz CT molecular complexity index is 725. The van der Waals surface area contributed by atoms with Gasteiger partial charge in [-0.05, 0) is 93.6 Å². The summed E-state index contributed by atoms with van der Waals surface area (Å²) < 4.78 is 16.8.